The molecule has 1 unspecified atom stereocenters. The topological polar surface area (TPSA) is 101 Å². The van der Waals surface area contributed by atoms with Crippen molar-refractivity contribution >= 4 is 28.9 Å². The largest absolute Gasteiger partial charge is 0.466 e. The maximum Gasteiger partial charge on any atom is 0.329 e. The number of nitrogens with one attached hydrogen (secondary N) is 2. The van der Waals surface area contributed by atoms with Crippen molar-refractivity contribution < 1.29 is 23.9 Å². The molecule has 0 saturated heterocycles. The highest BCUT2D eigenvalue weighted by Crippen LogP contribution is 2.23. The number of amides is 2. The number of fused-ring (bicyclic) bond motifs is 1. The van der Waals surface area contributed by atoms with Crippen LogP contribution in [0.3, 0.4) is 0 Å². The summed E-state index contributed by atoms with van der Waals surface area (Å²) < 4.78 is 10.8. The van der Waals surface area contributed by atoms with Crippen LogP contribution in [0.25, 0.3) is 10.9 Å². The number of nitrogens with zero attached hydrogens (tertiary/aromatic N) is 1. The lowest BCUT2D eigenvalue weighted by Crippen LogP contribution is -2.54. The SMILES string of the molecule is CCOC(=O)C(CCc1ccccc1)CN(C(=O)NC(C)C)[C@@H](Cc1c[nH]c2ccccc12)C(=O)OCC. The highest BCUT2D eigenvalue weighted by atomic mass is 16.5. The van der Waals surface area contributed by atoms with E-state index in [9.17, 15) is 14.4 Å². The first-order chi connectivity index (χ1) is 18.3. The van der Waals surface area contributed by atoms with E-state index >= 15 is 0 Å². The average Bonchev–Trinajstić information content (AvgIpc) is 3.31. The van der Waals surface area contributed by atoms with Crippen LogP contribution in [-0.2, 0) is 31.9 Å². The number of carbonyl (C=O) groups is 3. The number of benzene rings is 2. The number of aryl methyl sites for hydroxylation is 1. The van der Waals surface area contributed by atoms with E-state index in [1.54, 1.807) is 13.8 Å². The highest BCUT2D eigenvalue weighted by Gasteiger charge is 2.36. The minimum absolute atomic E-state index is 0.0239. The lowest BCUT2D eigenvalue weighted by atomic mass is 9.97. The van der Waals surface area contributed by atoms with Gasteiger partial charge in [-0.2, -0.15) is 0 Å². The number of rotatable bonds is 13. The Morgan fingerprint density at radius 1 is 0.921 bits per heavy atom. The molecule has 1 aromatic heterocycles. The van der Waals surface area contributed by atoms with Gasteiger partial charge in [0.05, 0.1) is 19.1 Å². The van der Waals surface area contributed by atoms with Gasteiger partial charge in [0.25, 0.3) is 0 Å². The number of esters is 2. The summed E-state index contributed by atoms with van der Waals surface area (Å²) >= 11 is 0. The number of aromatic nitrogens is 1. The Balaban J connectivity index is 1.96. The Morgan fingerprint density at radius 2 is 1.58 bits per heavy atom. The van der Waals surface area contributed by atoms with Crippen LogP contribution in [0.1, 0.15) is 45.2 Å². The summed E-state index contributed by atoms with van der Waals surface area (Å²) in [5.41, 5.74) is 2.91. The highest BCUT2D eigenvalue weighted by molar-refractivity contribution is 5.87. The molecule has 2 atom stereocenters. The molecule has 2 aromatic carbocycles. The molecular formula is C30H39N3O5. The van der Waals surface area contributed by atoms with Crippen LogP contribution in [0.5, 0.6) is 0 Å². The summed E-state index contributed by atoms with van der Waals surface area (Å²) in [6.07, 6.45) is 3.20. The number of para-hydroxylation sites is 1. The molecule has 1 heterocycles. The number of hydrogen-bond donors (Lipinski definition) is 2. The van der Waals surface area contributed by atoms with Gasteiger partial charge in [-0.15, -0.1) is 0 Å². The first-order valence-electron chi connectivity index (χ1n) is 13.3. The van der Waals surface area contributed by atoms with Gasteiger partial charge in [0, 0.05) is 36.1 Å². The first-order valence-corrected chi connectivity index (χ1v) is 13.3. The minimum atomic E-state index is -0.929. The van der Waals surface area contributed by atoms with E-state index in [0.717, 1.165) is 22.0 Å². The maximum atomic E-state index is 13.5. The smallest absolute Gasteiger partial charge is 0.329 e. The fraction of sp³-hybridized carbons (Fsp3) is 0.433. The van der Waals surface area contributed by atoms with Crippen LogP contribution < -0.4 is 5.32 Å². The van der Waals surface area contributed by atoms with E-state index < -0.39 is 24.0 Å². The van der Waals surface area contributed by atoms with Crippen molar-refractivity contribution in [3.05, 3.63) is 71.9 Å². The zero-order valence-electron chi connectivity index (χ0n) is 22.7. The van der Waals surface area contributed by atoms with Crippen molar-refractivity contribution in [3.63, 3.8) is 0 Å². The predicted molar refractivity (Wildman–Crippen MR) is 148 cm³/mol. The first kappa shape index (κ1) is 28.8. The molecule has 8 heteroatoms. The van der Waals surface area contributed by atoms with Gasteiger partial charge in [0.15, 0.2) is 0 Å². The van der Waals surface area contributed by atoms with Crippen LogP contribution in [0.15, 0.2) is 60.8 Å². The fourth-order valence-electron chi connectivity index (χ4n) is 4.52. The summed E-state index contributed by atoms with van der Waals surface area (Å²) in [5, 5.41) is 3.88. The molecule has 0 saturated carbocycles. The van der Waals surface area contributed by atoms with Crippen LogP contribution in [0.4, 0.5) is 4.79 Å². The third-order valence-electron chi connectivity index (χ3n) is 6.36. The van der Waals surface area contributed by atoms with E-state index in [1.807, 2.05) is 74.6 Å². The van der Waals surface area contributed by atoms with Crippen molar-refractivity contribution in [2.75, 3.05) is 19.8 Å². The van der Waals surface area contributed by atoms with Crippen LogP contribution >= 0.6 is 0 Å². The van der Waals surface area contributed by atoms with Crippen molar-refractivity contribution in [1.29, 1.82) is 0 Å². The van der Waals surface area contributed by atoms with Gasteiger partial charge in [-0.3, -0.25) is 4.79 Å². The number of urea groups is 1. The molecule has 3 aromatic rings. The van der Waals surface area contributed by atoms with E-state index in [4.69, 9.17) is 9.47 Å². The van der Waals surface area contributed by atoms with E-state index in [0.29, 0.717) is 12.8 Å². The molecule has 0 fully saturated rings. The standard InChI is InChI=1S/C30H39N3O5/c1-5-37-28(34)23(17-16-22-12-8-7-9-13-22)20-33(30(36)32-21(3)4)27(29(35)38-6-2)18-24-19-31-26-15-11-10-14-25(24)26/h7-15,19,21,23,27,31H,5-6,16-18,20H2,1-4H3,(H,32,36)/t23?,27-/m0/s1. The fourth-order valence-corrected chi connectivity index (χ4v) is 4.52. The normalized spacial score (nSPS) is 12.7. The molecule has 0 aliphatic heterocycles. The zero-order valence-corrected chi connectivity index (χ0v) is 22.7. The Bertz CT molecular complexity index is 1190. The third kappa shape index (κ3) is 7.84. The monoisotopic (exact) mass is 521 g/mol. The summed E-state index contributed by atoms with van der Waals surface area (Å²) in [7, 11) is 0. The third-order valence-corrected chi connectivity index (χ3v) is 6.36. The molecule has 38 heavy (non-hydrogen) atoms. The molecule has 204 valence electrons. The quantitative estimate of drug-likeness (QED) is 0.313. The average molecular weight is 522 g/mol. The van der Waals surface area contributed by atoms with Crippen LogP contribution in [0, 0.1) is 5.92 Å². The van der Waals surface area contributed by atoms with Crippen LogP contribution in [-0.4, -0.2) is 59.7 Å². The van der Waals surface area contributed by atoms with Gasteiger partial charge >= 0.3 is 18.0 Å². The van der Waals surface area contributed by atoms with E-state index in [2.05, 4.69) is 10.3 Å². The van der Waals surface area contributed by atoms with E-state index in [-0.39, 0.29) is 38.2 Å². The van der Waals surface area contributed by atoms with E-state index in [1.165, 1.54) is 4.90 Å². The molecule has 0 aliphatic rings. The maximum absolute atomic E-state index is 13.5. The second-order valence-electron chi connectivity index (χ2n) is 9.56. The summed E-state index contributed by atoms with van der Waals surface area (Å²) in [5.74, 6) is -1.52. The summed E-state index contributed by atoms with van der Waals surface area (Å²) in [4.78, 5) is 44.6. The lowest BCUT2D eigenvalue weighted by molar-refractivity contribution is -0.152. The molecule has 0 aliphatic carbocycles. The number of H-pyrrole nitrogens is 1. The van der Waals surface area contributed by atoms with Crippen molar-refractivity contribution in [1.82, 2.24) is 15.2 Å². The molecule has 8 nitrogen and oxygen atoms in total. The van der Waals surface area contributed by atoms with Crippen molar-refractivity contribution in [3.8, 4) is 0 Å². The predicted octanol–water partition coefficient (Wildman–Crippen LogP) is 4.87. The second-order valence-corrected chi connectivity index (χ2v) is 9.56. The van der Waals surface area contributed by atoms with Gasteiger partial charge in [-0.1, -0.05) is 48.5 Å². The molecular weight excluding hydrogens is 482 g/mol. The second kappa shape index (κ2) is 14.2. The van der Waals surface area contributed by atoms with Crippen molar-refractivity contribution in [2.45, 2.75) is 59.0 Å². The van der Waals surface area contributed by atoms with Crippen LogP contribution in [0.2, 0.25) is 0 Å². The zero-order chi connectivity index (χ0) is 27.5. The lowest BCUT2D eigenvalue weighted by Gasteiger charge is -2.33. The molecule has 0 radical (unpaired) electrons. The molecule has 3 rings (SSSR count). The van der Waals surface area contributed by atoms with Gasteiger partial charge < -0.3 is 24.7 Å². The minimum Gasteiger partial charge on any atom is -0.466 e. The Morgan fingerprint density at radius 3 is 2.26 bits per heavy atom. The number of carbonyl (C=O) groups excluding carboxylic acids is 3. The number of hydrogen-bond acceptors (Lipinski definition) is 5. The van der Waals surface area contributed by atoms with Gasteiger partial charge in [-0.25, -0.2) is 9.59 Å². The Kier molecular flexibility index (Phi) is 10.8. The number of aromatic amines is 1. The van der Waals surface area contributed by atoms with Crippen molar-refractivity contribution in [2.24, 2.45) is 5.92 Å². The van der Waals surface area contributed by atoms with Gasteiger partial charge in [-0.05, 0) is 57.7 Å². The molecule has 0 bridgehead atoms. The summed E-state index contributed by atoms with van der Waals surface area (Å²) in [6.45, 7) is 7.64. The molecule has 0 spiro atoms. The molecule has 2 amide bonds. The Hall–Kier alpha value is -3.81. The van der Waals surface area contributed by atoms with Gasteiger partial charge in [0.2, 0.25) is 0 Å². The summed E-state index contributed by atoms with van der Waals surface area (Å²) in [6, 6.07) is 16.1. The Labute approximate surface area is 224 Å². The van der Waals surface area contributed by atoms with Gasteiger partial charge in [0.1, 0.15) is 6.04 Å². The molecule has 2 N–H and O–H groups in total. The number of ether oxygens (including phenoxy) is 2.